The first kappa shape index (κ1) is 17.7. The molecule has 0 unspecified atom stereocenters. The first-order valence-electron chi connectivity index (χ1n) is 8.78. The van der Waals surface area contributed by atoms with Gasteiger partial charge in [0, 0.05) is 32.2 Å². The number of hydrogen-bond donors (Lipinski definition) is 1. The Bertz CT molecular complexity index is 528. The fourth-order valence-electron chi connectivity index (χ4n) is 4.20. The van der Waals surface area contributed by atoms with Crippen LogP contribution >= 0.6 is 0 Å². The summed E-state index contributed by atoms with van der Waals surface area (Å²) in [6, 6.07) is 2.59. The Kier molecular flexibility index (Phi) is 5.45. The molecule has 24 heavy (non-hydrogen) atoms. The van der Waals surface area contributed by atoms with Crippen LogP contribution in [-0.2, 0) is 6.18 Å². The topological polar surface area (TPSA) is 15.3 Å². The Morgan fingerprint density at radius 1 is 1.04 bits per heavy atom. The van der Waals surface area contributed by atoms with Gasteiger partial charge in [-0.3, -0.25) is 4.90 Å². The first-order valence-corrected chi connectivity index (χ1v) is 8.78. The molecule has 2 nitrogen and oxygen atoms in total. The first-order chi connectivity index (χ1) is 11.5. The minimum Gasteiger partial charge on any atom is -0.314 e. The van der Waals surface area contributed by atoms with Crippen LogP contribution in [0.5, 0.6) is 0 Å². The largest absolute Gasteiger partial charge is 0.416 e. The number of benzene rings is 1. The van der Waals surface area contributed by atoms with Crippen LogP contribution in [0.3, 0.4) is 0 Å². The van der Waals surface area contributed by atoms with Crippen molar-refractivity contribution in [3.63, 3.8) is 0 Å². The molecule has 1 aliphatic carbocycles. The molecular weight excluding hydrogens is 320 g/mol. The Labute approximate surface area is 140 Å². The molecule has 134 valence electrons. The molecule has 1 atom stereocenters. The van der Waals surface area contributed by atoms with Crippen molar-refractivity contribution in [1.82, 2.24) is 10.2 Å². The van der Waals surface area contributed by atoms with Crippen molar-refractivity contribution < 1.29 is 17.6 Å². The van der Waals surface area contributed by atoms with Gasteiger partial charge in [-0.05, 0) is 42.5 Å². The molecule has 2 aliphatic rings. The van der Waals surface area contributed by atoms with E-state index < -0.39 is 17.6 Å². The highest BCUT2D eigenvalue weighted by atomic mass is 19.4. The highest BCUT2D eigenvalue weighted by Gasteiger charge is 2.39. The summed E-state index contributed by atoms with van der Waals surface area (Å²) in [5.41, 5.74) is -0.561. The summed E-state index contributed by atoms with van der Waals surface area (Å²) in [5, 5.41) is 3.24. The van der Waals surface area contributed by atoms with E-state index in [0.29, 0.717) is 13.1 Å². The third-order valence-corrected chi connectivity index (χ3v) is 5.28. The lowest BCUT2D eigenvalue weighted by Gasteiger charge is -2.42. The van der Waals surface area contributed by atoms with Crippen molar-refractivity contribution >= 4 is 0 Å². The number of nitrogens with zero attached hydrogens (tertiary/aromatic N) is 1. The van der Waals surface area contributed by atoms with Crippen LogP contribution in [0.25, 0.3) is 0 Å². The maximum atomic E-state index is 13.8. The van der Waals surface area contributed by atoms with E-state index in [-0.39, 0.29) is 17.5 Å². The third-order valence-electron chi connectivity index (χ3n) is 5.28. The maximum Gasteiger partial charge on any atom is 0.416 e. The molecule has 1 heterocycles. The normalized spacial score (nSPS) is 22.5. The quantitative estimate of drug-likeness (QED) is 0.819. The fraction of sp³-hybridized carbons (Fsp3) is 0.667. The molecule has 0 aromatic heterocycles. The predicted octanol–water partition coefficient (Wildman–Crippen LogP) is 4.37. The van der Waals surface area contributed by atoms with Crippen molar-refractivity contribution in [2.24, 2.45) is 5.92 Å². The van der Waals surface area contributed by atoms with Gasteiger partial charge in [0.15, 0.2) is 0 Å². The minimum atomic E-state index is -4.45. The smallest absolute Gasteiger partial charge is 0.314 e. The standard InChI is InChI=1S/C18H24F4N2/c19-14-6-7-16(18(20,21)22)15(12-14)17(13-4-2-1-3-5-13)24-10-8-23-9-11-24/h6-7,12-13,17,23H,1-5,8-11H2/t17-/m0/s1. The second-order valence-corrected chi connectivity index (χ2v) is 6.86. The van der Waals surface area contributed by atoms with Crippen LogP contribution < -0.4 is 5.32 Å². The zero-order valence-electron chi connectivity index (χ0n) is 13.7. The van der Waals surface area contributed by atoms with Crippen LogP contribution in [0.15, 0.2) is 18.2 Å². The fourth-order valence-corrected chi connectivity index (χ4v) is 4.20. The van der Waals surface area contributed by atoms with Gasteiger partial charge in [-0.25, -0.2) is 4.39 Å². The Morgan fingerprint density at radius 3 is 2.33 bits per heavy atom. The van der Waals surface area contributed by atoms with Crippen LogP contribution in [-0.4, -0.2) is 31.1 Å². The molecule has 0 spiro atoms. The van der Waals surface area contributed by atoms with E-state index in [4.69, 9.17) is 0 Å². The van der Waals surface area contributed by atoms with Gasteiger partial charge >= 0.3 is 6.18 Å². The van der Waals surface area contributed by atoms with Gasteiger partial charge in [0.1, 0.15) is 5.82 Å². The van der Waals surface area contributed by atoms with E-state index in [1.165, 1.54) is 0 Å². The van der Waals surface area contributed by atoms with Crippen molar-refractivity contribution in [1.29, 1.82) is 0 Å². The monoisotopic (exact) mass is 344 g/mol. The summed E-state index contributed by atoms with van der Waals surface area (Å²) in [4.78, 5) is 2.12. The number of nitrogens with one attached hydrogen (secondary N) is 1. The zero-order valence-corrected chi connectivity index (χ0v) is 13.7. The zero-order chi connectivity index (χ0) is 17.2. The van der Waals surface area contributed by atoms with Gasteiger partial charge in [-0.1, -0.05) is 19.3 Å². The van der Waals surface area contributed by atoms with E-state index in [2.05, 4.69) is 10.2 Å². The molecular formula is C18H24F4N2. The van der Waals surface area contributed by atoms with Gasteiger partial charge in [0.25, 0.3) is 0 Å². The SMILES string of the molecule is Fc1ccc(C(F)(F)F)c([C@H](C2CCCCC2)N2CCNCC2)c1. The Morgan fingerprint density at radius 2 is 1.71 bits per heavy atom. The maximum absolute atomic E-state index is 13.8. The Balaban J connectivity index is 2.02. The lowest BCUT2D eigenvalue weighted by atomic mass is 9.79. The molecule has 1 aromatic rings. The van der Waals surface area contributed by atoms with E-state index >= 15 is 0 Å². The molecule has 0 radical (unpaired) electrons. The second kappa shape index (κ2) is 7.40. The van der Waals surface area contributed by atoms with Crippen LogP contribution in [0.2, 0.25) is 0 Å². The predicted molar refractivity (Wildman–Crippen MR) is 85.2 cm³/mol. The summed E-state index contributed by atoms with van der Waals surface area (Å²) < 4.78 is 54.4. The number of hydrogen-bond acceptors (Lipinski definition) is 2. The summed E-state index contributed by atoms with van der Waals surface area (Å²) in [5.74, 6) is -0.423. The number of halogens is 4. The van der Waals surface area contributed by atoms with Crippen LogP contribution in [0, 0.1) is 11.7 Å². The highest BCUT2D eigenvalue weighted by Crippen LogP contribution is 2.43. The molecule has 3 rings (SSSR count). The van der Waals surface area contributed by atoms with Gasteiger partial charge in [0.05, 0.1) is 5.56 Å². The van der Waals surface area contributed by atoms with E-state index in [1.54, 1.807) is 0 Å². The number of rotatable bonds is 3. The van der Waals surface area contributed by atoms with Crippen molar-refractivity contribution in [2.75, 3.05) is 26.2 Å². The minimum absolute atomic E-state index is 0.122. The molecule has 1 saturated heterocycles. The van der Waals surface area contributed by atoms with Crippen LogP contribution in [0.1, 0.15) is 49.3 Å². The van der Waals surface area contributed by atoms with Gasteiger partial charge in [-0.2, -0.15) is 13.2 Å². The van der Waals surface area contributed by atoms with Crippen molar-refractivity contribution in [3.8, 4) is 0 Å². The lowest BCUT2D eigenvalue weighted by Crippen LogP contribution is -2.47. The van der Waals surface area contributed by atoms with E-state index in [9.17, 15) is 17.6 Å². The number of piperazine rings is 1. The molecule has 1 N–H and O–H groups in total. The van der Waals surface area contributed by atoms with Crippen molar-refractivity contribution in [3.05, 3.63) is 35.1 Å². The highest BCUT2D eigenvalue weighted by molar-refractivity contribution is 5.34. The lowest BCUT2D eigenvalue weighted by molar-refractivity contribution is -0.139. The van der Waals surface area contributed by atoms with Gasteiger partial charge in [-0.15, -0.1) is 0 Å². The average Bonchev–Trinajstić information content (AvgIpc) is 2.56. The van der Waals surface area contributed by atoms with E-state index in [1.807, 2.05) is 0 Å². The van der Waals surface area contributed by atoms with E-state index in [0.717, 1.165) is 63.4 Å². The molecule has 0 bridgehead atoms. The summed E-state index contributed by atoms with van der Waals surface area (Å²) in [6.45, 7) is 2.93. The van der Waals surface area contributed by atoms with Crippen LogP contribution in [0.4, 0.5) is 17.6 Å². The second-order valence-electron chi connectivity index (χ2n) is 6.86. The molecule has 0 amide bonds. The van der Waals surface area contributed by atoms with Gasteiger partial charge in [0.2, 0.25) is 0 Å². The van der Waals surface area contributed by atoms with Crippen molar-refractivity contribution in [2.45, 2.75) is 44.3 Å². The molecule has 1 saturated carbocycles. The Hall–Kier alpha value is -1.14. The molecule has 1 aliphatic heterocycles. The number of alkyl halides is 3. The average molecular weight is 344 g/mol. The molecule has 2 fully saturated rings. The third kappa shape index (κ3) is 3.91. The molecule has 6 heteroatoms. The summed E-state index contributed by atoms with van der Waals surface area (Å²) in [7, 11) is 0. The molecule has 1 aromatic carbocycles. The van der Waals surface area contributed by atoms with Gasteiger partial charge < -0.3 is 5.32 Å². The summed E-state index contributed by atoms with van der Waals surface area (Å²) >= 11 is 0. The summed E-state index contributed by atoms with van der Waals surface area (Å²) in [6.07, 6.45) is 0.614.